The normalized spacial score (nSPS) is 12.1. The number of nitrogens with zero attached hydrogens (tertiary/aromatic N) is 1. The SMILES string of the molecule is Cc1cccc(NC(C)Cc2ccccc2)n1. The highest BCUT2D eigenvalue weighted by Gasteiger charge is 2.03. The Morgan fingerprint density at radius 2 is 1.82 bits per heavy atom. The second-order valence-electron chi connectivity index (χ2n) is 4.40. The summed E-state index contributed by atoms with van der Waals surface area (Å²) in [7, 11) is 0. The summed E-state index contributed by atoms with van der Waals surface area (Å²) >= 11 is 0. The maximum Gasteiger partial charge on any atom is 0.126 e. The zero-order valence-electron chi connectivity index (χ0n) is 10.4. The van der Waals surface area contributed by atoms with Crippen LogP contribution >= 0.6 is 0 Å². The minimum atomic E-state index is 0.381. The van der Waals surface area contributed by atoms with Crippen molar-refractivity contribution in [2.24, 2.45) is 0 Å². The number of anilines is 1. The Labute approximate surface area is 103 Å². The van der Waals surface area contributed by atoms with Crippen LogP contribution in [-0.2, 0) is 6.42 Å². The first-order valence-electron chi connectivity index (χ1n) is 5.98. The molecule has 88 valence electrons. The molecular formula is C15H18N2. The third kappa shape index (κ3) is 3.59. The maximum absolute atomic E-state index is 4.44. The molecule has 0 saturated carbocycles. The van der Waals surface area contributed by atoms with E-state index in [0.29, 0.717) is 6.04 Å². The first kappa shape index (κ1) is 11.6. The molecule has 0 spiro atoms. The van der Waals surface area contributed by atoms with E-state index in [4.69, 9.17) is 0 Å². The van der Waals surface area contributed by atoms with Crippen molar-refractivity contribution in [1.29, 1.82) is 0 Å². The van der Waals surface area contributed by atoms with E-state index in [0.717, 1.165) is 17.9 Å². The lowest BCUT2D eigenvalue weighted by Crippen LogP contribution is -2.18. The van der Waals surface area contributed by atoms with Crippen molar-refractivity contribution < 1.29 is 0 Å². The van der Waals surface area contributed by atoms with Gasteiger partial charge in [-0.2, -0.15) is 0 Å². The molecular weight excluding hydrogens is 208 g/mol. The molecule has 2 nitrogen and oxygen atoms in total. The quantitative estimate of drug-likeness (QED) is 0.864. The van der Waals surface area contributed by atoms with E-state index < -0.39 is 0 Å². The summed E-state index contributed by atoms with van der Waals surface area (Å²) in [6.45, 7) is 4.18. The number of aryl methyl sites for hydroxylation is 1. The maximum atomic E-state index is 4.44. The molecule has 17 heavy (non-hydrogen) atoms. The topological polar surface area (TPSA) is 24.9 Å². The number of aromatic nitrogens is 1. The minimum Gasteiger partial charge on any atom is -0.367 e. The molecule has 0 fully saturated rings. The zero-order valence-corrected chi connectivity index (χ0v) is 10.4. The summed E-state index contributed by atoms with van der Waals surface area (Å²) in [5.41, 5.74) is 2.39. The van der Waals surface area contributed by atoms with Crippen LogP contribution in [0.2, 0.25) is 0 Å². The third-order valence-corrected chi connectivity index (χ3v) is 2.67. The highest BCUT2D eigenvalue weighted by Crippen LogP contribution is 2.09. The second kappa shape index (κ2) is 5.48. The molecule has 0 radical (unpaired) electrons. The van der Waals surface area contributed by atoms with Crippen LogP contribution in [0.25, 0.3) is 0 Å². The van der Waals surface area contributed by atoms with Gasteiger partial charge in [-0.15, -0.1) is 0 Å². The number of benzene rings is 1. The number of rotatable bonds is 4. The van der Waals surface area contributed by atoms with Crippen molar-refractivity contribution in [2.75, 3.05) is 5.32 Å². The fourth-order valence-electron chi connectivity index (χ4n) is 1.89. The highest BCUT2D eigenvalue weighted by atomic mass is 15.0. The lowest BCUT2D eigenvalue weighted by Gasteiger charge is -2.14. The van der Waals surface area contributed by atoms with Gasteiger partial charge in [-0.1, -0.05) is 36.4 Å². The molecule has 1 aromatic carbocycles. The molecule has 1 heterocycles. The van der Waals surface area contributed by atoms with Gasteiger partial charge in [0.25, 0.3) is 0 Å². The van der Waals surface area contributed by atoms with E-state index >= 15 is 0 Å². The summed E-state index contributed by atoms with van der Waals surface area (Å²) < 4.78 is 0. The summed E-state index contributed by atoms with van der Waals surface area (Å²) in [4.78, 5) is 4.44. The fraction of sp³-hybridized carbons (Fsp3) is 0.267. The summed E-state index contributed by atoms with van der Waals surface area (Å²) in [5, 5.41) is 3.42. The smallest absolute Gasteiger partial charge is 0.126 e. The first-order valence-corrected chi connectivity index (χ1v) is 5.98. The van der Waals surface area contributed by atoms with Gasteiger partial charge in [0.15, 0.2) is 0 Å². The second-order valence-corrected chi connectivity index (χ2v) is 4.40. The summed E-state index contributed by atoms with van der Waals surface area (Å²) in [5.74, 6) is 0.952. The number of hydrogen-bond donors (Lipinski definition) is 1. The van der Waals surface area contributed by atoms with Crippen LogP contribution in [0.4, 0.5) is 5.82 Å². The highest BCUT2D eigenvalue weighted by molar-refractivity contribution is 5.36. The minimum absolute atomic E-state index is 0.381. The van der Waals surface area contributed by atoms with Gasteiger partial charge in [-0.05, 0) is 38.0 Å². The predicted molar refractivity (Wildman–Crippen MR) is 72.2 cm³/mol. The number of nitrogens with one attached hydrogen (secondary N) is 1. The van der Waals surface area contributed by atoms with Gasteiger partial charge in [0.2, 0.25) is 0 Å². The number of hydrogen-bond acceptors (Lipinski definition) is 2. The lowest BCUT2D eigenvalue weighted by molar-refractivity contribution is 0.784. The Balaban J connectivity index is 1.96. The van der Waals surface area contributed by atoms with Crippen molar-refractivity contribution in [2.45, 2.75) is 26.3 Å². The van der Waals surface area contributed by atoms with Crippen LogP contribution in [-0.4, -0.2) is 11.0 Å². The van der Waals surface area contributed by atoms with Crippen LogP contribution < -0.4 is 5.32 Å². The molecule has 1 atom stereocenters. The van der Waals surface area contributed by atoms with E-state index in [2.05, 4.69) is 41.5 Å². The van der Waals surface area contributed by atoms with E-state index in [1.165, 1.54) is 5.56 Å². The van der Waals surface area contributed by atoms with Gasteiger partial charge in [0.1, 0.15) is 5.82 Å². The fourth-order valence-corrected chi connectivity index (χ4v) is 1.89. The molecule has 1 aromatic heterocycles. The Kier molecular flexibility index (Phi) is 3.76. The van der Waals surface area contributed by atoms with Gasteiger partial charge in [-0.25, -0.2) is 4.98 Å². The molecule has 0 aliphatic carbocycles. The van der Waals surface area contributed by atoms with Crippen LogP contribution in [0.1, 0.15) is 18.2 Å². The van der Waals surface area contributed by atoms with E-state index in [9.17, 15) is 0 Å². The Morgan fingerprint density at radius 1 is 1.06 bits per heavy atom. The molecule has 1 unspecified atom stereocenters. The largest absolute Gasteiger partial charge is 0.367 e. The molecule has 0 amide bonds. The molecule has 2 aromatic rings. The summed E-state index contributed by atoms with van der Waals surface area (Å²) in [6, 6.07) is 16.9. The van der Waals surface area contributed by atoms with Crippen LogP contribution in [0.15, 0.2) is 48.5 Å². The van der Waals surface area contributed by atoms with Crippen molar-refractivity contribution in [3.8, 4) is 0 Å². The van der Waals surface area contributed by atoms with E-state index in [1.54, 1.807) is 0 Å². The van der Waals surface area contributed by atoms with Gasteiger partial charge in [0, 0.05) is 11.7 Å². The molecule has 0 aliphatic rings. The van der Waals surface area contributed by atoms with Gasteiger partial charge in [-0.3, -0.25) is 0 Å². The third-order valence-electron chi connectivity index (χ3n) is 2.67. The van der Waals surface area contributed by atoms with Gasteiger partial charge in [0.05, 0.1) is 0 Å². The average Bonchev–Trinajstić information content (AvgIpc) is 2.30. The lowest BCUT2D eigenvalue weighted by atomic mass is 10.1. The first-order chi connectivity index (χ1) is 8.24. The standard InChI is InChI=1S/C15H18N2/c1-12-7-6-10-15(16-12)17-13(2)11-14-8-4-3-5-9-14/h3-10,13H,11H2,1-2H3,(H,16,17). The monoisotopic (exact) mass is 226 g/mol. The summed E-state index contributed by atoms with van der Waals surface area (Å²) in [6.07, 6.45) is 1.01. The molecule has 1 N–H and O–H groups in total. The van der Waals surface area contributed by atoms with Gasteiger partial charge >= 0.3 is 0 Å². The van der Waals surface area contributed by atoms with Crippen LogP contribution in [0.3, 0.4) is 0 Å². The van der Waals surface area contributed by atoms with E-state index in [1.807, 2.05) is 31.2 Å². The van der Waals surface area contributed by atoms with Crippen LogP contribution in [0.5, 0.6) is 0 Å². The molecule has 0 bridgehead atoms. The zero-order chi connectivity index (χ0) is 12.1. The Bertz CT molecular complexity index is 465. The van der Waals surface area contributed by atoms with Gasteiger partial charge < -0.3 is 5.32 Å². The van der Waals surface area contributed by atoms with Crippen LogP contribution in [0, 0.1) is 6.92 Å². The Hall–Kier alpha value is -1.83. The molecule has 0 aliphatic heterocycles. The predicted octanol–water partition coefficient (Wildman–Crippen LogP) is 3.43. The van der Waals surface area contributed by atoms with Crippen molar-refractivity contribution in [1.82, 2.24) is 4.98 Å². The average molecular weight is 226 g/mol. The van der Waals surface area contributed by atoms with E-state index in [-0.39, 0.29) is 0 Å². The Morgan fingerprint density at radius 3 is 2.53 bits per heavy atom. The van der Waals surface area contributed by atoms with Crippen molar-refractivity contribution in [3.63, 3.8) is 0 Å². The van der Waals surface area contributed by atoms with Crippen molar-refractivity contribution in [3.05, 3.63) is 59.8 Å². The molecule has 0 saturated heterocycles. The number of pyridine rings is 1. The molecule has 2 rings (SSSR count). The molecule has 2 heteroatoms. The van der Waals surface area contributed by atoms with Crippen molar-refractivity contribution >= 4 is 5.82 Å².